The van der Waals surface area contributed by atoms with Crippen molar-refractivity contribution in [2.75, 3.05) is 47.5 Å². The summed E-state index contributed by atoms with van der Waals surface area (Å²) in [5.74, 6) is -1.98. The van der Waals surface area contributed by atoms with E-state index in [1.807, 2.05) is 21.1 Å². The van der Waals surface area contributed by atoms with Gasteiger partial charge in [0, 0.05) is 12.8 Å². The first-order valence-corrected chi connectivity index (χ1v) is 30.7. The molecule has 0 saturated carbocycles. The van der Waals surface area contributed by atoms with Crippen LogP contribution in [0.2, 0.25) is 0 Å². The maximum Gasteiger partial charge on any atom is 0.361 e. The largest absolute Gasteiger partial charge is 0.477 e. The summed E-state index contributed by atoms with van der Waals surface area (Å²) in [6, 6.07) is 0. The van der Waals surface area contributed by atoms with E-state index in [0.717, 1.165) is 51.4 Å². The second kappa shape index (κ2) is 54.8. The second-order valence-corrected chi connectivity index (χ2v) is 22.0. The molecule has 0 aliphatic carbocycles. The highest BCUT2D eigenvalue weighted by Crippen LogP contribution is 2.17. The maximum absolute atomic E-state index is 12.9. The minimum atomic E-state index is -1.51. The number of quaternary nitrogens is 1. The first-order chi connectivity index (χ1) is 35.1. The van der Waals surface area contributed by atoms with E-state index in [1.54, 1.807) is 0 Å². The molecule has 2 unspecified atom stereocenters. The molecule has 0 radical (unpaired) electrons. The number of unbranched alkanes of at least 4 members (excludes halogenated alkanes) is 36. The van der Waals surface area contributed by atoms with Gasteiger partial charge in [0.05, 0.1) is 34.4 Å². The molecule has 0 heterocycles. The number of esters is 2. The number of carbonyl (C=O) groups excluding carboxylic acids is 2. The van der Waals surface area contributed by atoms with Gasteiger partial charge in [0.1, 0.15) is 13.2 Å². The molecule has 0 aromatic rings. The van der Waals surface area contributed by atoms with Crippen molar-refractivity contribution in [3.05, 3.63) is 36.5 Å². The molecule has 1 N–H and O–H groups in total. The number of carboxylic acids is 1. The van der Waals surface area contributed by atoms with Gasteiger partial charge in [-0.25, -0.2) is 4.79 Å². The molecular formula is C63H118NO8+. The van der Waals surface area contributed by atoms with E-state index in [4.69, 9.17) is 18.9 Å². The summed E-state index contributed by atoms with van der Waals surface area (Å²) >= 11 is 0. The molecule has 0 rings (SSSR count). The van der Waals surface area contributed by atoms with Gasteiger partial charge in [0.15, 0.2) is 6.10 Å². The lowest BCUT2D eigenvalue weighted by Gasteiger charge is -2.25. The lowest BCUT2D eigenvalue weighted by atomic mass is 10.0. The van der Waals surface area contributed by atoms with Gasteiger partial charge in [-0.1, -0.05) is 262 Å². The third-order valence-corrected chi connectivity index (χ3v) is 13.6. The molecule has 9 nitrogen and oxygen atoms in total. The molecule has 72 heavy (non-hydrogen) atoms. The lowest BCUT2D eigenvalue weighted by molar-refractivity contribution is -0.870. The number of carboxylic acid groups (broad SMARTS) is 1. The molecule has 0 spiro atoms. The number of hydrogen-bond acceptors (Lipinski definition) is 7. The summed E-state index contributed by atoms with van der Waals surface area (Å²) in [4.78, 5) is 37.4. The van der Waals surface area contributed by atoms with Gasteiger partial charge >= 0.3 is 17.9 Å². The van der Waals surface area contributed by atoms with Crippen molar-refractivity contribution >= 4 is 17.9 Å². The molecule has 0 aromatic heterocycles. The summed E-state index contributed by atoms with van der Waals surface area (Å²) in [6.45, 7) is 4.90. The second-order valence-electron chi connectivity index (χ2n) is 22.0. The van der Waals surface area contributed by atoms with Crippen LogP contribution >= 0.6 is 0 Å². The van der Waals surface area contributed by atoms with Crippen LogP contribution in [0.4, 0.5) is 0 Å². The number of carbonyl (C=O) groups is 3. The Morgan fingerprint density at radius 1 is 0.417 bits per heavy atom. The fourth-order valence-corrected chi connectivity index (χ4v) is 8.91. The van der Waals surface area contributed by atoms with Crippen molar-refractivity contribution in [3.63, 3.8) is 0 Å². The Bertz CT molecular complexity index is 1270. The van der Waals surface area contributed by atoms with Gasteiger partial charge in [-0.3, -0.25) is 9.59 Å². The first-order valence-electron chi connectivity index (χ1n) is 30.7. The van der Waals surface area contributed by atoms with Gasteiger partial charge < -0.3 is 28.5 Å². The van der Waals surface area contributed by atoms with E-state index in [9.17, 15) is 19.5 Å². The Morgan fingerprint density at radius 2 is 0.750 bits per heavy atom. The van der Waals surface area contributed by atoms with E-state index in [2.05, 4.69) is 50.3 Å². The number of rotatable bonds is 57. The molecule has 0 fully saturated rings. The summed E-state index contributed by atoms with van der Waals surface area (Å²) in [5.41, 5.74) is 0. The van der Waals surface area contributed by atoms with Gasteiger partial charge in [-0.2, -0.15) is 0 Å². The zero-order valence-corrected chi connectivity index (χ0v) is 48.1. The van der Waals surface area contributed by atoms with Crippen molar-refractivity contribution in [3.8, 4) is 0 Å². The van der Waals surface area contributed by atoms with Crippen LogP contribution in [0.5, 0.6) is 0 Å². The number of aliphatic carboxylic acids is 1. The predicted octanol–water partition coefficient (Wildman–Crippen LogP) is 18.1. The van der Waals surface area contributed by atoms with Crippen molar-refractivity contribution < 1.29 is 42.9 Å². The predicted molar refractivity (Wildman–Crippen MR) is 304 cm³/mol. The van der Waals surface area contributed by atoms with Crippen LogP contribution in [0.3, 0.4) is 0 Å². The van der Waals surface area contributed by atoms with Crippen LogP contribution in [0.25, 0.3) is 0 Å². The molecule has 9 heteroatoms. The standard InChI is InChI=1S/C63H117NO8/c1-6-8-10-12-14-16-18-20-22-23-24-25-26-27-28-29-30-31-32-33-34-35-36-37-38-39-40-42-44-46-48-50-52-54-61(66)72-59(58-71-63(62(67)68)69-56-55-64(3,4)5)57-70-60(65)53-51-49-47-45-43-41-21-19-17-15-13-11-9-7-2/h18,20,23-24,26-27,59,63H,6-17,19,21-22,25,28-58H2,1-5H3/p+1/b20-18-,24-23-,27-26-. The normalized spacial score (nSPS) is 13.0. The third-order valence-electron chi connectivity index (χ3n) is 13.6. The van der Waals surface area contributed by atoms with Crippen LogP contribution in [0.1, 0.15) is 290 Å². The molecule has 0 bridgehead atoms. The smallest absolute Gasteiger partial charge is 0.361 e. The molecule has 0 aromatic carbocycles. The Hall–Kier alpha value is -2.49. The SMILES string of the molecule is CCCCCCC/C=C\C/C=C\C/C=C\CCCCCCCCCCCCCCCCCCCCC(=O)OC(COC(=O)CCCCCCCCCCCCCCCC)COC(OCC[N+](C)(C)C)C(=O)O. The van der Waals surface area contributed by atoms with Crippen molar-refractivity contribution in [2.45, 2.75) is 302 Å². The number of allylic oxidation sites excluding steroid dienone is 6. The molecule has 2 atom stereocenters. The highest BCUT2D eigenvalue weighted by Gasteiger charge is 2.25. The van der Waals surface area contributed by atoms with Gasteiger partial charge in [0.2, 0.25) is 0 Å². The fourth-order valence-electron chi connectivity index (χ4n) is 8.91. The summed E-state index contributed by atoms with van der Waals surface area (Å²) in [5, 5.41) is 9.70. The highest BCUT2D eigenvalue weighted by molar-refractivity contribution is 5.71. The minimum absolute atomic E-state index is 0.176. The van der Waals surface area contributed by atoms with E-state index in [0.29, 0.717) is 17.4 Å². The Balaban J connectivity index is 4.06. The molecular weight excluding hydrogens is 899 g/mol. The van der Waals surface area contributed by atoms with E-state index in [-0.39, 0.29) is 38.2 Å². The number of ether oxygens (including phenoxy) is 4. The zero-order valence-electron chi connectivity index (χ0n) is 48.1. The average molecular weight is 1020 g/mol. The molecule has 0 aliphatic rings. The lowest BCUT2D eigenvalue weighted by Crippen LogP contribution is -2.40. The topological polar surface area (TPSA) is 108 Å². The van der Waals surface area contributed by atoms with E-state index in [1.165, 1.54) is 212 Å². The zero-order chi connectivity index (χ0) is 52.7. The van der Waals surface area contributed by atoms with E-state index < -0.39 is 18.4 Å². The van der Waals surface area contributed by atoms with Crippen molar-refractivity contribution in [2.24, 2.45) is 0 Å². The van der Waals surface area contributed by atoms with Crippen LogP contribution in [-0.2, 0) is 33.3 Å². The quantitative estimate of drug-likeness (QED) is 0.0211. The Labute approximate surface area is 445 Å². The third kappa shape index (κ3) is 55.3. The summed E-state index contributed by atoms with van der Waals surface area (Å²) in [7, 11) is 5.98. The number of nitrogens with zero attached hydrogens (tertiary/aromatic N) is 1. The summed E-state index contributed by atoms with van der Waals surface area (Å²) in [6.07, 6.45) is 63.8. The van der Waals surface area contributed by atoms with Crippen LogP contribution < -0.4 is 0 Å². The van der Waals surface area contributed by atoms with Gasteiger partial charge in [0.25, 0.3) is 6.29 Å². The molecule has 0 saturated heterocycles. The van der Waals surface area contributed by atoms with Crippen LogP contribution in [-0.4, -0.2) is 87.4 Å². The van der Waals surface area contributed by atoms with Crippen LogP contribution in [0.15, 0.2) is 36.5 Å². The van der Waals surface area contributed by atoms with Crippen molar-refractivity contribution in [1.29, 1.82) is 0 Å². The summed E-state index contributed by atoms with van der Waals surface area (Å²) < 4.78 is 22.9. The molecule has 0 amide bonds. The van der Waals surface area contributed by atoms with Gasteiger partial charge in [-0.15, -0.1) is 0 Å². The Morgan fingerprint density at radius 3 is 1.11 bits per heavy atom. The Kier molecular flexibility index (Phi) is 52.9. The number of likely N-dealkylation sites (N-methyl/N-ethyl adjacent to an activating group) is 1. The van der Waals surface area contributed by atoms with Crippen LogP contribution in [0, 0.1) is 0 Å². The number of hydrogen-bond donors (Lipinski definition) is 1. The fraction of sp³-hybridized carbons (Fsp3) is 0.857. The van der Waals surface area contributed by atoms with Crippen molar-refractivity contribution in [1.82, 2.24) is 0 Å². The minimum Gasteiger partial charge on any atom is -0.477 e. The molecule has 422 valence electrons. The monoisotopic (exact) mass is 1020 g/mol. The maximum atomic E-state index is 12.9. The highest BCUT2D eigenvalue weighted by atomic mass is 16.7. The van der Waals surface area contributed by atoms with E-state index >= 15 is 0 Å². The van der Waals surface area contributed by atoms with Gasteiger partial charge in [-0.05, 0) is 51.4 Å². The molecule has 0 aliphatic heterocycles. The first kappa shape index (κ1) is 69.5. The average Bonchev–Trinajstić information content (AvgIpc) is 3.35.